The molecule has 0 bridgehead atoms. The smallest absolute Gasteiger partial charge is 0.327 e. The fourth-order valence-electron chi connectivity index (χ4n) is 3.00. The highest BCUT2D eigenvalue weighted by Crippen LogP contribution is 2.36. The molecule has 0 spiro atoms. The van der Waals surface area contributed by atoms with Gasteiger partial charge < -0.3 is 9.57 Å². The average molecular weight is 255 g/mol. The monoisotopic (exact) mass is 255 g/mol. The first kappa shape index (κ1) is 13.8. The van der Waals surface area contributed by atoms with Gasteiger partial charge in [0.25, 0.3) is 0 Å². The summed E-state index contributed by atoms with van der Waals surface area (Å²) in [7, 11) is 1.59. The lowest BCUT2D eigenvalue weighted by Crippen LogP contribution is -2.37. The van der Waals surface area contributed by atoms with Crippen molar-refractivity contribution in [3.63, 3.8) is 0 Å². The number of hydrogen-bond donors (Lipinski definition) is 0. The first-order valence-corrected chi connectivity index (χ1v) is 7.04. The predicted octanol–water partition coefficient (Wildman–Crippen LogP) is 2.24. The zero-order valence-electron chi connectivity index (χ0n) is 11.9. The third-order valence-electron chi connectivity index (χ3n) is 4.30. The molecule has 4 heteroatoms. The van der Waals surface area contributed by atoms with Gasteiger partial charge in [-0.3, -0.25) is 4.79 Å². The molecule has 1 aliphatic heterocycles. The van der Waals surface area contributed by atoms with Crippen molar-refractivity contribution in [1.29, 1.82) is 0 Å². The van der Waals surface area contributed by atoms with E-state index >= 15 is 0 Å². The Labute approximate surface area is 110 Å². The summed E-state index contributed by atoms with van der Waals surface area (Å²) in [4.78, 5) is 17.0. The third kappa shape index (κ3) is 3.04. The molecule has 0 aromatic carbocycles. The molecule has 2 fully saturated rings. The Morgan fingerprint density at radius 3 is 2.61 bits per heavy atom. The Morgan fingerprint density at radius 1 is 1.33 bits per heavy atom. The van der Waals surface area contributed by atoms with Gasteiger partial charge in [0.2, 0.25) is 0 Å². The standard InChI is InChI=1S/C14H25NO3/c1-9(2)11-6-5-10(3)7-13(11)18-14(16)12-8-15(12)17-4/h9-13H,5-8H2,1-4H3. The summed E-state index contributed by atoms with van der Waals surface area (Å²) in [5.74, 6) is 1.64. The van der Waals surface area contributed by atoms with Crippen molar-refractivity contribution < 1.29 is 14.4 Å². The van der Waals surface area contributed by atoms with Crippen molar-refractivity contribution in [1.82, 2.24) is 5.06 Å². The molecule has 1 aliphatic carbocycles. The lowest BCUT2D eigenvalue weighted by Gasteiger charge is -2.36. The first-order valence-electron chi connectivity index (χ1n) is 7.04. The molecule has 0 aromatic heterocycles. The fraction of sp³-hybridized carbons (Fsp3) is 0.929. The molecule has 18 heavy (non-hydrogen) atoms. The van der Waals surface area contributed by atoms with Crippen molar-refractivity contribution >= 4 is 5.97 Å². The van der Waals surface area contributed by atoms with E-state index in [-0.39, 0.29) is 18.1 Å². The van der Waals surface area contributed by atoms with E-state index in [9.17, 15) is 4.79 Å². The van der Waals surface area contributed by atoms with Gasteiger partial charge in [-0.25, -0.2) is 0 Å². The van der Waals surface area contributed by atoms with Crippen LogP contribution in [0, 0.1) is 17.8 Å². The van der Waals surface area contributed by atoms with Crippen molar-refractivity contribution in [3.8, 4) is 0 Å². The number of nitrogens with zero attached hydrogens (tertiary/aromatic N) is 1. The molecule has 104 valence electrons. The van der Waals surface area contributed by atoms with Crippen molar-refractivity contribution in [3.05, 3.63) is 0 Å². The molecule has 2 rings (SSSR count). The number of ether oxygens (including phenoxy) is 1. The third-order valence-corrected chi connectivity index (χ3v) is 4.30. The molecule has 0 N–H and O–H groups in total. The molecule has 5 atom stereocenters. The molecule has 1 saturated carbocycles. The number of hydrogen-bond acceptors (Lipinski definition) is 4. The Kier molecular flexibility index (Phi) is 4.28. The summed E-state index contributed by atoms with van der Waals surface area (Å²) >= 11 is 0. The van der Waals surface area contributed by atoms with Crippen molar-refractivity contribution in [2.24, 2.45) is 17.8 Å². The second kappa shape index (κ2) is 5.57. The summed E-state index contributed by atoms with van der Waals surface area (Å²) < 4.78 is 5.73. The lowest BCUT2D eigenvalue weighted by atomic mass is 9.75. The summed E-state index contributed by atoms with van der Waals surface area (Å²) in [5, 5.41) is 1.65. The number of carbonyl (C=O) groups is 1. The van der Waals surface area contributed by atoms with Gasteiger partial charge in [-0.2, -0.15) is 5.06 Å². The van der Waals surface area contributed by atoms with Gasteiger partial charge in [0.1, 0.15) is 12.1 Å². The van der Waals surface area contributed by atoms with Crippen LogP contribution >= 0.6 is 0 Å². The maximum atomic E-state index is 12.0. The van der Waals surface area contributed by atoms with E-state index in [0.717, 1.165) is 6.42 Å². The van der Waals surface area contributed by atoms with Crippen LogP contribution in [0.3, 0.4) is 0 Å². The summed E-state index contributed by atoms with van der Waals surface area (Å²) in [6, 6.07) is -0.167. The summed E-state index contributed by atoms with van der Waals surface area (Å²) in [6.07, 6.45) is 3.54. The van der Waals surface area contributed by atoms with Gasteiger partial charge in [0.15, 0.2) is 0 Å². The molecule has 0 aromatic rings. The molecule has 0 amide bonds. The quantitative estimate of drug-likeness (QED) is 0.570. The molecule has 1 heterocycles. The predicted molar refractivity (Wildman–Crippen MR) is 68.7 cm³/mol. The second-order valence-electron chi connectivity index (χ2n) is 6.10. The van der Waals surface area contributed by atoms with Gasteiger partial charge in [0.05, 0.1) is 13.7 Å². The number of rotatable bonds is 4. The van der Waals surface area contributed by atoms with Gasteiger partial charge in [-0.1, -0.05) is 27.2 Å². The van der Waals surface area contributed by atoms with Crippen LogP contribution in [0.2, 0.25) is 0 Å². The maximum absolute atomic E-state index is 12.0. The SMILES string of the molecule is CON1CC1C(=O)OC1CC(C)CCC1C(C)C. The normalized spacial score (nSPS) is 39.7. The fourth-order valence-corrected chi connectivity index (χ4v) is 3.00. The zero-order valence-corrected chi connectivity index (χ0v) is 11.9. The highest BCUT2D eigenvalue weighted by molar-refractivity contribution is 5.78. The van der Waals surface area contributed by atoms with E-state index < -0.39 is 0 Å². The van der Waals surface area contributed by atoms with E-state index in [1.165, 1.54) is 12.8 Å². The molecule has 4 nitrogen and oxygen atoms in total. The average Bonchev–Trinajstić information content (AvgIpc) is 3.07. The molecule has 2 aliphatic rings. The van der Waals surface area contributed by atoms with Gasteiger partial charge in [-0.15, -0.1) is 0 Å². The number of carbonyl (C=O) groups excluding carboxylic acids is 1. The Balaban J connectivity index is 1.90. The van der Waals surface area contributed by atoms with Crippen LogP contribution < -0.4 is 0 Å². The van der Waals surface area contributed by atoms with Crippen LogP contribution in [0.1, 0.15) is 40.0 Å². The maximum Gasteiger partial charge on any atom is 0.327 e. The van der Waals surface area contributed by atoms with Gasteiger partial charge >= 0.3 is 5.97 Å². The van der Waals surface area contributed by atoms with E-state index in [1.807, 2.05) is 0 Å². The number of hydroxylamine groups is 2. The summed E-state index contributed by atoms with van der Waals surface area (Å²) in [6.45, 7) is 7.36. The molecule has 1 saturated heterocycles. The molecular weight excluding hydrogens is 230 g/mol. The van der Waals surface area contributed by atoms with Gasteiger partial charge in [-0.05, 0) is 30.6 Å². The molecule has 5 unspecified atom stereocenters. The zero-order chi connectivity index (χ0) is 13.3. The van der Waals surface area contributed by atoms with E-state index in [0.29, 0.717) is 24.3 Å². The van der Waals surface area contributed by atoms with Gasteiger partial charge in [0, 0.05) is 0 Å². The molecular formula is C14H25NO3. The van der Waals surface area contributed by atoms with Crippen molar-refractivity contribution in [2.45, 2.75) is 52.2 Å². The molecule has 0 radical (unpaired) electrons. The van der Waals surface area contributed by atoms with Crippen LogP contribution in [0.15, 0.2) is 0 Å². The first-order chi connectivity index (χ1) is 8.52. The minimum atomic E-state index is -0.167. The Hall–Kier alpha value is -0.610. The minimum Gasteiger partial charge on any atom is -0.461 e. The lowest BCUT2D eigenvalue weighted by molar-refractivity contribution is -0.160. The van der Waals surface area contributed by atoms with E-state index in [2.05, 4.69) is 20.8 Å². The van der Waals surface area contributed by atoms with Crippen LogP contribution in [0.5, 0.6) is 0 Å². The van der Waals surface area contributed by atoms with Crippen LogP contribution in [-0.2, 0) is 14.4 Å². The van der Waals surface area contributed by atoms with Crippen LogP contribution in [-0.4, -0.2) is 36.8 Å². The van der Waals surface area contributed by atoms with E-state index in [1.54, 1.807) is 12.2 Å². The number of esters is 1. The van der Waals surface area contributed by atoms with Crippen LogP contribution in [0.25, 0.3) is 0 Å². The topological polar surface area (TPSA) is 38.5 Å². The summed E-state index contributed by atoms with van der Waals surface area (Å²) in [5.41, 5.74) is 0. The second-order valence-corrected chi connectivity index (χ2v) is 6.10. The van der Waals surface area contributed by atoms with E-state index in [4.69, 9.17) is 9.57 Å². The Morgan fingerprint density at radius 2 is 2.06 bits per heavy atom. The largest absolute Gasteiger partial charge is 0.461 e. The Bertz CT molecular complexity index is 305. The highest BCUT2D eigenvalue weighted by Gasteiger charge is 2.45. The highest BCUT2D eigenvalue weighted by atomic mass is 16.7. The van der Waals surface area contributed by atoms with Crippen LogP contribution in [0.4, 0.5) is 0 Å². The van der Waals surface area contributed by atoms with Crippen molar-refractivity contribution in [2.75, 3.05) is 13.7 Å². The minimum absolute atomic E-state index is 0.0977.